The normalized spacial score (nSPS) is 13.8. The fourth-order valence-electron chi connectivity index (χ4n) is 2.32. The average molecular weight is 285 g/mol. The summed E-state index contributed by atoms with van der Waals surface area (Å²) in [6.07, 6.45) is 0.600. The predicted molar refractivity (Wildman–Crippen MR) is 82.7 cm³/mol. The maximum atomic E-state index is 12.6. The van der Waals surface area contributed by atoms with E-state index in [1.165, 1.54) is 0 Å². The van der Waals surface area contributed by atoms with Crippen LogP contribution in [0.25, 0.3) is 10.8 Å². The Morgan fingerprint density at radius 1 is 1.05 bits per heavy atom. The predicted octanol–water partition coefficient (Wildman–Crippen LogP) is 0.944. The van der Waals surface area contributed by atoms with Gasteiger partial charge in [-0.15, -0.1) is 0 Å². The van der Waals surface area contributed by atoms with Crippen LogP contribution in [0, 0.1) is 0 Å². The van der Waals surface area contributed by atoms with E-state index in [4.69, 9.17) is 17.2 Å². The number of amides is 1. The SMILES string of the molecule is NCCCC(N)(C(N)=O)C(=O)c1ccc2ccccc2c1. The van der Waals surface area contributed by atoms with E-state index in [1.807, 2.05) is 30.3 Å². The van der Waals surface area contributed by atoms with E-state index in [-0.39, 0.29) is 6.42 Å². The molecule has 0 aliphatic carbocycles. The zero-order valence-corrected chi connectivity index (χ0v) is 11.7. The molecule has 6 N–H and O–H groups in total. The van der Waals surface area contributed by atoms with Crippen molar-refractivity contribution in [2.75, 3.05) is 6.54 Å². The van der Waals surface area contributed by atoms with Crippen LogP contribution < -0.4 is 17.2 Å². The van der Waals surface area contributed by atoms with Gasteiger partial charge in [0.25, 0.3) is 0 Å². The van der Waals surface area contributed by atoms with Crippen molar-refractivity contribution >= 4 is 22.5 Å². The number of rotatable bonds is 6. The summed E-state index contributed by atoms with van der Waals surface area (Å²) in [5.41, 5.74) is 15.4. The summed E-state index contributed by atoms with van der Waals surface area (Å²) in [7, 11) is 0. The summed E-state index contributed by atoms with van der Waals surface area (Å²) < 4.78 is 0. The van der Waals surface area contributed by atoms with Crippen molar-refractivity contribution in [2.45, 2.75) is 18.4 Å². The van der Waals surface area contributed by atoms with E-state index in [2.05, 4.69) is 0 Å². The second-order valence-corrected chi connectivity index (χ2v) is 5.12. The monoisotopic (exact) mass is 285 g/mol. The first-order chi connectivity index (χ1) is 9.99. The molecule has 0 aliphatic rings. The highest BCUT2D eigenvalue weighted by Crippen LogP contribution is 2.21. The summed E-state index contributed by atoms with van der Waals surface area (Å²) in [5.74, 6) is -1.29. The average Bonchev–Trinajstić information content (AvgIpc) is 2.51. The van der Waals surface area contributed by atoms with E-state index in [1.54, 1.807) is 12.1 Å². The standard InChI is InChI=1S/C16H19N3O2/c17-9-3-8-16(19,15(18)21)14(20)13-7-6-11-4-1-2-5-12(11)10-13/h1-2,4-7,10H,3,8-9,17,19H2,(H2,18,21). The molecular weight excluding hydrogens is 266 g/mol. The van der Waals surface area contributed by atoms with Gasteiger partial charge < -0.3 is 17.2 Å². The van der Waals surface area contributed by atoms with Gasteiger partial charge >= 0.3 is 0 Å². The molecule has 0 aromatic heterocycles. The number of carbonyl (C=O) groups excluding carboxylic acids is 2. The van der Waals surface area contributed by atoms with E-state index in [0.29, 0.717) is 18.5 Å². The van der Waals surface area contributed by atoms with Crippen LogP contribution in [0.15, 0.2) is 42.5 Å². The summed E-state index contributed by atoms with van der Waals surface area (Å²) in [6, 6.07) is 12.9. The summed E-state index contributed by atoms with van der Waals surface area (Å²) in [6.45, 7) is 0.344. The van der Waals surface area contributed by atoms with Gasteiger partial charge in [0, 0.05) is 5.56 Å². The minimum atomic E-state index is -1.71. The molecule has 2 rings (SSSR count). The van der Waals surface area contributed by atoms with Gasteiger partial charge in [-0.2, -0.15) is 0 Å². The van der Waals surface area contributed by atoms with Crippen molar-refractivity contribution in [1.29, 1.82) is 0 Å². The molecule has 0 saturated carbocycles. The van der Waals surface area contributed by atoms with Crippen molar-refractivity contribution in [3.63, 3.8) is 0 Å². The maximum Gasteiger partial charge on any atom is 0.245 e. The zero-order chi connectivity index (χ0) is 15.5. The minimum Gasteiger partial charge on any atom is -0.368 e. The van der Waals surface area contributed by atoms with E-state index in [0.717, 1.165) is 10.8 Å². The molecule has 1 atom stereocenters. The number of hydrogen-bond acceptors (Lipinski definition) is 4. The fraction of sp³-hybridized carbons (Fsp3) is 0.250. The van der Waals surface area contributed by atoms with Gasteiger partial charge in [-0.1, -0.05) is 36.4 Å². The Hall–Kier alpha value is -2.24. The van der Waals surface area contributed by atoms with Crippen molar-refractivity contribution in [3.05, 3.63) is 48.0 Å². The molecule has 21 heavy (non-hydrogen) atoms. The molecule has 5 nitrogen and oxygen atoms in total. The molecule has 2 aromatic rings. The van der Waals surface area contributed by atoms with Crippen LogP contribution in [-0.2, 0) is 4.79 Å². The highest BCUT2D eigenvalue weighted by Gasteiger charge is 2.40. The van der Waals surface area contributed by atoms with Gasteiger partial charge in [0.05, 0.1) is 0 Å². The number of hydrogen-bond donors (Lipinski definition) is 3. The minimum absolute atomic E-state index is 0.143. The van der Waals surface area contributed by atoms with E-state index in [9.17, 15) is 9.59 Å². The molecule has 2 aromatic carbocycles. The Balaban J connectivity index is 2.41. The first-order valence-corrected chi connectivity index (χ1v) is 6.81. The quantitative estimate of drug-likeness (QED) is 0.541. The van der Waals surface area contributed by atoms with Crippen molar-refractivity contribution in [1.82, 2.24) is 0 Å². The van der Waals surface area contributed by atoms with Crippen LogP contribution in [0.1, 0.15) is 23.2 Å². The van der Waals surface area contributed by atoms with Crippen LogP contribution in [-0.4, -0.2) is 23.8 Å². The first-order valence-electron chi connectivity index (χ1n) is 6.81. The number of ketones is 1. The van der Waals surface area contributed by atoms with Gasteiger partial charge in [-0.05, 0) is 36.2 Å². The molecule has 0 bridgehead atoms. The maximum absolute atomic E-state index is 12.6. The smallest absolute Gasteiger partial charge is 0.245 e. The van der Waals surface area contributed by atoms with Crippen molar-refractivity contribution in [3.8, 4) is 0 Å². The van der Waals surface area contributed by atoms with Gasteiger partial charge in [-0.25, -0.2) is 0 Å². The largest absolute Gasteiger partial charge is 0.368 e. The van der Waals surface area contributed by atoms with Gasteiger partial charge in [0.1, 0.15) is 0 Å². The highest BCUT2D eigenvalue weighted by atomic mass is 16.2. The molecule has 0 saturated heterocycles. The molecule has 0 fully saturated rings. The second kappa shape index (κ2) is 6.03. The Kier molecular flexibility index (Phi) is 4.35. The van der Waals surface area contributed by atoms with Gasteiger partial charge in [0.15, 0.2) is 11.3 Å². The lowest BCUT2D eigenvalue weighted by Crippen LogP contribution is -2.58. The third kappa shape index (κ3) is 2.94. The third-order valence-electron chi connectivity index (χ3n) is 3.63. The third-order valence-corrected chi connectivity index (χ3v) is 3.63. The zero-order valence-electron chi connectivity index (χ0n) is 11.7. The topological polar surface area (TPSA) is 112 Å². The number of Topliss-reactive ketones (excluding diaryl/α,β-unsaturated/α-hetero) is 1. The lowest BCUT2D eigenvalue weighted by atomic mass is 9.84. The summed E-state index contributed by atoms with van der Waals surface area (Å²) in [4.78, 5) is 24.2. The van der Waals surface area contributed by atoms with Crippen LogP contribution in [0.4, 0.5) is 0 Å². The summed E-state index contributed by atoms with van der Waals surface area (Å²) >= 11 is 0. The van der Waals surface area contributed by atoms with E-state index < -0.39 is 17.2 Å². The molecule has 0 aliphatic heterocycles. The summed E-state index contributed by atoms with van der Waals surface area (Å²) in [5, 5.41) is 1.92. The first kappa shape index (κ1) is 15.2. The van der Waals surface area contributed by atoms with Crippen molar-refractivity contribution < 1.29 is 9.59 Å². The lowest BCUT2D eigenvalue weighted by Gasteiger charge is -2.24. The van der Waals surface area contributed by atoms with Crippen LogP contribution >= 0.6 is 0 Å². The Morgan fingerprint density at radius 3 is 2.33 bits per heavy atom. The van der Waals surface area contributed by atoms with Gasteiger partial charge in [0.2, 0.25) is 5.91 Å². The fourth-order valence-corrected chi connectivity index (χ4v) is 2.32. The van der Waals surface area contributed by atoms with Crippen molar-refractivity contribution in [2.24, 2.45) is 17.2 Å². The number of carbonyl (C=O) groups is 2. The lowest BCUT2D eigenvalue weighted by molar-refractivity contribution is -0.121. The molecule has 1 unspecified atom stereocenters. The molecule has 110 valence electrons. The molecule has 0 spiro atoms. The molecule has 5 heteroatoms. The molecular formula is C16H19N3O2. The molecule has 1 amide bonds. The van der Waals surface area contributed by atoms with Crippen LogP contribution in [0.2, 0.25) is 0 Å². The highest BCUT2D eigenvalue weighted by molar-refractivity contribution is 6.18. The second-order valence-electron chi connectivity index (χ2n) is 5.12. The Bertz CT molecular complexity index is 684. The number of primary amides is 1. The Labute approximate surface area is 123 Å². The van der Waals surface area contributed by atoms with Gasteiger partial charge in [-0.3, -0.25) is 9.59 Å². The van der Waals surface area contributed by atoms with Crippen LogP contribution in [0.5, 0.6) is 0 Å². The number of benzene rings is 2. The molecule has 0 heterocycles. The number of fused-ring (bicyclic) bond motifs is 1. The Morgan fingerprint density at radius 2 is 1.71 bits per heavy atom. The number of nitrogens with two attached hydrogens (primary N) is 3. The van der Waals surface area contributed by atoms with Crippen LogP contribution in [0.3, 0.4) is 0 Å². The molecule has 0 radical (unpaired) electrons. The van der Waals surface area contributed by atoms with E-state index >= 15 is 0 Å².